The van der Waals surface area contributed by atoms with Gasteiger partial charge in [-0.25, -0.2) is 13.2 Å². The van der Waals surface area contributed by atoms with E-state index in [-0.39, 0.29) is 32.7 Å². The van der Waals surface area contributed by atoms with Gasteiger partial charge in [-0.15, -0.1) is 0 Å². The summed E-state index contributed by atoms with van der Waals surface area (Å²) in [6.07, 6.45) is 2.27. The molecule has 3 aromatic rings. The van der Waals surface area contributed by atoms with E-state index in [1.165, 1.54) is 26.2 Å². The Kier molecular flexibility index (Phi) is 5.49. The summed E-state index contributed by atoms with van der Waals surface area (Å²) in [5.74, 6) is -1.32. The van der Waals surface area contributed by atoms with Crippen molar-refractivity contribution in [1.29, 1.82) is 0 Å². The number of aromatic amines is 1. The Balaban J connectivity index is 2.49. The number of nitrogens with zero attached hydrogens (tertiary/aromatic N) is 1. The van der Waals surface area contributed by atoms with Crippen LogP contribution in [0, 0.1) is 6.92 Å². The first-order valence-corrected chi connectivity index (χ1v) is 10.8. The fraction of sp³-hybridized carbons (Fsp3) is 0.190. The molecule has 156 valence electrons. The lowest BCUT2D eigenvalue weighted by molar-refractivity contribution is 0.0595. The highest BCUT2D eigenvalue weighted by Crippen LogP contribution is 2.34. The average Bonchev–Trinajstić information content (AvgIpc) is 3.05. The van der Waals surface area contributed by atoms with Crippen molar-refractivity contribution in [2.45, 2.75) is 11.8 Å². The molecule has 0 saturated heterocycles. The van der Waals surface area contributed by atoms with E-state index in [4.69, 9.17) is 4.74 Å². The summed E-state index contributed by atoms with van der Waals surface area (Å²) in [4.78, 5) is 38.0. The van der Waals surface area contributed by atoms with Gasteiger partial charge in [-0.1, -0.05) is 30.3 Å². The number of ketones is 1. The summed E-state index contributed by atoms with van der Waals surface area (Å²) < 4.78 is 31.3. The Labute approximate surface area is 173 Å². The minimum Gasteiger partial charge on any atom is -0.465 e. The van der Waals surface area contributed by atoms with Crippen LogP contribution in [0.5, 0.6) is 0 Å². The van der Waals surface area contributed by atoms with Crippen molar-refractivity contribution >= 4 is 21.6 Å². The number of methoxy groups -OCH3 is 1. The standard InChI is InChI=1S/C21H20N2O6S/c1-12-14(18(24)13-8-6-5-7-9-13)10-15(16-11-22-23(2)20(16)25)19(30(4,27)28)17(12)21(26)29-3/h5-11,22H,1-4H3. The summed E-state index contributed by atoms with van der Waals surface area (Å²) in [5.41, 5.74) is -0.163. The molecule has 1 aromatic heterocycles. The quantitative estimate of drug-likeness (QED) is 0.492. The van der Waals surface area contributed by atoms with Gasteiger partial charge in [0.25, 0.3) is 5.56 Å². The number of ether oxygens (including phenoxy) is 1. The van der Waals surface area contributed by atoms with E-state index < -0.39 is 27.1 Å². The molecular weight excluding hydrogens is 408 g/mol. The van der Waals surface area contributed by atoms with Gasteiger partial charge in [0.2, 0.25) is 0 Å². The monoisotopic (exact) mass is 428 g/mol. The van der Waals surface area contributed by atoms with E-state index in [1.54, 1.807) is 30.3 Å². The summed E-state index contributed by atoms with van der Waals surface area (Å²) in [6.45, 7) is 1.48. The Bertz CT molecular complexity index is 1320. The van der Waals surface area contributed by atoms with Crippen LogP contribution in [-0.2, 0) is 21.6 Å². The molecule has 1 N–H and O–H groups in total. The number of benzene rings is 2. The van der Waals surface area contributed by atoms with Gasteiger partial charge in [-0.05, 0) is 18.6 Å². The molecule has 0 aliphatic carbocycles. The van der Waals surface area contributed by atoms with Crippen molar-refractivity contribution in [2.75, 3.05) is 13.4 Å². The first-order valence-electron chi connectivity index (χ1n) is 8.88. The normalized spacial score (nSPS) is 11.3. The molecule has 0 aliphatic rings. The van der Waals surface area contributed by atoms with E-state index in [1.807, 2.05) is 0 Å². The fourth-order valence-electron chi connectivity index (χ4n) is 3.33. The van der Waals surface area contributed by atoms with Crippen molar-refractivity contribution in [2.24, 2.45) is 7.05 Å². The molecular formula is C21H20N2O6S. The van der Waals surface area contributed by atoms with Crippen LogP contribution in [0.15, 0.2) is 52.3 Å². The lowest BCUT2D eigenvalue weighted by atomic mass is 9.91. The molecule has 30 heavy (non-hydrogen) atoms. The number of hydrogen-bond donors (Lipinski definition) is 1. The van der Waals surface area contributed by atoms with Crippen molar-refractivity contribution in [3.63, 3.8) is 0 Å². The second kappa shape index (κ2) is 7.75. The molecule has 0 atom stereocenters. The van der Waals surface area contributed by atoms with Crippen LogP contribution >= 0.6 is 0 Å². The predicted octanol–water partition coefficient (Wildman–Crippen LogP) is 2.11. The molecule has 8 nitrogen and oxygen atoms in total. The Hall–Kier alpha value is -3.46. The van der Waals surface area contributed by atoms with Gasteiger partial charge in [0.15, 0.2) is 15.6 Å². The van der Waals surface area contributed by atoms with Crippen LogP contribution in [0.25, 0.3) is 11.1 Å². The molecule has 3 rings (SSSR count). The smallest absolute Gasteiger partial charge is 0.339 e. The predicted molar refractivity (Wildman–Crippen MR) is 111 cm³/mol. The second-order valence-corrected chi connectivity index (χ2v) is 8.76. The molecule has 0 spiro atoms. The Morgan fingerprint density at radius 3 is 2.23 bits per heavy atom. The minimum atomic E-state index is -3.98. The highest BCUT2D eigenvalue weighted by molar-refractivity contribution is 7.91. The van der Waals surface area contributed by atoms with E-state index in [0.29, 0.717) is 5.56 Å². The van der Waals surface area contributed by atoms with Gasteiger partial charge >= 0.3 is 5.97 Å². The number of sulfone groups is 1. The van der Waals surface area contributed by atoms with E-state index in [0.717, 1.165) is 18.0 Å². The third-order valence-electron chi connectivity index (χ3n) is 4.81. The number of esters is 1. The number of rotatable bonds is 5. The van der Waals surface area contributed by atoms with Gasteiger partial charge in [0.1, 0.15) is 0 Å². The molecule has 0 fully saturated rings. The van der Waals surface area contributed by atoms with E-state index >= 15 is 0 Å². The van der Waals surface area contributed by atoms with Crippen LogP contribution in [0.3, 0.4) is 0 Å². The van der Waals surface area contributed by atoms with Crippen molar-refractivity contribution in [3.8, 4) is 11.1 Å². The maximum atomic E-state index is 13.2. The fourth-order valence-corrected chi connectivity index (χ4v) is 4.50. The van der Waals surface area contributed by atoms with Gasteiger partial charge in [0, 0.05) is 36.2 Å². The van der Waals surface area contributed by atoms with Crippen LogP contribution in [0.2, 0.25) is 0 Å². The third-order valence-corrected chi connectivity index (χ3v) is 5.97. The molecule has 0 unspecified atom stereocenters. The van der Waals surface area contributed by atoms with Gasteiger partial charge in [-0.3, -0.25) is 14.3 Å². The topological polar surface area (TPSA) is 115 Å². The summed E-state index contributed by atoms with van der Waals surface area (Å²) in [5, 5.41) is 2.68. The lowest BCUT2D eigenvalue weighted by Crippen LogP contribution is -2.19. The number of hydrogen-bond acceptors (Lipinski definition) is 6. The largest absolute Gasteiger partial charge is 0.465 e. The van der Waals surface area contributed by atoms with Crippen LogP contribution in [0.1, 0.15) is 31.8 Å². The van der Waals surface area contributed by atoms with Gasteiger partial charge in [0.05, 0.1) is 23.1 Å². The van der Waals surface area contributed by atoms with Crippen molar-refractivity contribution < 1.29 is 22.7 Å². The zero-order valence-electron chi connectivity index (χ0n) is 16.8. The molecule has 1 heterocycles. The maximum absolute atomic E-state index is 13.2. The zero-order chi connectivity index (χ0) is 22.2. The molecule has 0 aliphatic heterocycles. The van der Waals surface area contributed by atoms with Crippen LogP contribution < -0.4 is 5.56 Å². The number of carbonyl (C=O) groups is 2. The second-order valence-electron chi connectivity index (χ2n) is 6.81. The number of aromatic nitrogens is 2. The average molecular weight is 428 g/mol. The van der Waals surface area contributed by atoms with Crippen LogP contribution in [0.4, 0.5) is 0 Å². The number of nitrogens with one attached hydrogen (secondary N) is 1. The van der Waals surface area contributed by atoms with E-state index in [2.05, 4.69) is 5.10 Å². The summed E-state index contributed by atoms with van der Waals surface area (Å²) >= 11 is 0. The van der Waals surface area contributed by atoms with Gasteiger partial charge in [-0.2, -0.15) is 0 Å². The number of aryl methyl sites for hydroxylation is 1. The maximum Gasteiger partial charge on any atom is 0.339 e. The number of carbonyl (C=O) groups excluding carboxylic acids is 2. The zero-order valence-corrected chi connectivity index (χ0v) is 17.7. The molecule has 0 amide bonds. The third kappa shape index (κ3) is 3.59. The summed E-state index contributed by atoms with van der Waals surface area (Å²) in [7, 11) is -1.39. The minimum absolute atomic E-state index is 0.0187. The first kappa shape index (κ1) is 21.3. The molecule has 9 heteroatoms. The number of H-pyrrole nitrogens is 1. The van der Waals surface area contributed by atoms with E-state index in [9.17, 15) is 22.8 Å². The van der Waals surface area contributed by atoms with Crippen molar-refractivity contribution in [3.05, 3.63) is 75.2 Å². The highest BCUT2D eigenvalue weighted by atomic mass is 32.2. The lowest BCUT2D eigenvalue weighted by Gasteiger charge is -2.17. The Morgan fingerprint density at radius 2 is 1.73 bits per heavy atom. The first-order chi connectivity index (χ1) is 14.1. The molecule has 0 saturated carbocycles. The summed E-state index contributed by atoms with van der Waals surface area (Å²) in [6, 6.07) is 9.70. The highest BCUT2D eigenvalue weighted by Gasteiger charge is 2.31. The van der Waals surface area contributed by atoms with Crippen molar-refractivity contribution in [1.82, 2.24) is 9.78 Å². The Morgan fingerprint density at radius 1 is 1.10 bits per heavy atom. The molecule has 2 aromatic carbocycles. The molecule has 0 bridgehead atoms. The van der Waals surface area contributed by atoms with Crippen LogP contribution in [-0.4, -0.2) is 43.3 Å². The SMILES string of the molecule is COC(=O)c1c(C)c(C(=O)c2ccccc2)cc(-c2c[nH]n(C)c2=O)c1S(C)(=O)=O. The molecule has 0 radical (unpaired) electrons. The van der Waals surface area contributed by atoms with Gasteiger partial charge < -0.3 is 9.84 Å².